The Balaban J connectivity index is 1.24. The molecule has 9 heteroatoms. The van der Waals surface area contributed by atoms with E-state index in [1.54, 1.807) is 20.8 Å². The first-order valence-electron chi connectivity index (χ1n) is 16.0. The molecule has 5 fully saturated rings. The van der Waals surface area contributed by atoms with E-state index < -0.39 is 29.9 Å². The standard InChI is InChI=1S/C33H47FN4O4/c1-32(2,3)42-31(41)35-27-12-10-24(36(4)26-16-23(34)17-26)18-25-11-13-28(38(25)29(27)39)30(40)37-20-22(19-33(37)14-15-33)21-8-6-5-7-9-21/h5-9,22-28H,10-20H2,1-4H3,(H,35,41)/t22-,23?,24+,25-,26?,27+,28+/m1/s1. The minimum Gasteiger partial charge on any atom is -0.444 e. The SMILES string of the molecule is CN(C1CC(F)C1)[C@H]1CC[C@H](NC(=O)OC(C)(C)C)C(=O)N2[C@H](CC[C@H]2C(=O)N2C[C@H](c3ccccc3)CC23CC3)C1. The van der Waals surface area contributed by atoms with Crippen molar-refractivity contribution < 1.29 is 23.5 Å². The number of carbonyl (C=O) groups excluding carboxylic acids is 3. The molecule has 5 atom stereocenters. The number of alkyl carbamates (subject to hydrolysis) is 1. The van der Waals surface area contributed by atoms with Crippen LogP contribution >= 0.6 is 0 Å². The Hall–Kier alpha value is -2.68. The highest BCUT2D eigenvalue weighted by Gasteiger charge is 2.58. The van der Waals surface area contributed by atoms with Crippen LogP contribution in [0.4, 0.5) is 9.18 Å². The molecule has 0 aromatic heterocycles. The molecular formula is C33H47FN4O4. The van der Waals surface area contributed by atoms with E-state index in [0.717, 1.165) is 32.1 Å². The number of halogens is 1. The van der Waals surface area contributed by atoms with Gasteiger partial charge in [-0.3, -0.25) is 9.59 Å². The highest BCUT2D eigenvalue weighted by Crippen LogP contribution is 2.54. The number of hydrogen-bond donors (Lipinski definition) is 1. The molecular weight excluding hydrogens is 535 g/mol. The smallest absolute Gasteiger partial charge is 0.408 e. The summed E-state index contributed by atoms with van der Waals surface area (Å²) in [5, 5.41) is 2.86. The Morgan fingerprint density at radius 3 is 2.38 bits per heavy atom. The van der Waals surface area contributed by atoms with E-state index in [2.05, 4.69) is 46.4 Å². The predicted molar refractivity (Wildman–Crippen MR) is 158 cm³/mol. The van der Waals surface area contributed by atoms with Gasteiger partial charge in [-0.15, -0.1) is 0 Å². The maximum absolute atomic E-state index is 14.4. The number of rotatable bonds is 5. The zero-order valence-corrected chi connectivity index (χ0v) is 25.6. The summed E-state index contributed by atoms with van der Waals surface area (Å²) in [5.41, 5.74) is 0.485. The van der Waals surface area contributed by atoms with Gasteiger partial charge in [-0.1, -0.05) is 30.3 Å². The molecule has 2 saturated carbocycles. The van der Waals surface area contributed by atoms with E-state index in [0.29, 0.717) is 44.6 Å². The molecule has 2 aliphatic carbocycles. The summed E-state index contributed by atoms with van der Waals surface area (Å²) in [6, 6.07) is 9.39. The number of ether oxygens (including phenoxy) is 1. The monoisotopic (exact) mass is 582 g/mol. The van der Waals surface area contributed by atoms with Crippen molar-refractivity contribution in [3.8, 4) is 0 Å². The molecule has 0 bridgehead atoms. The Morgan fingerprint density at radius 2 is 1.74 bits per heavy atom. The second kappa shape index (κ2) is 11.1. The first-order chi connectivity index (χ1) is 19.9. The van der Waals surface area contributed by atoms with Crippen LogP contribution < -0.4 is 5.32 Å². The number of nitrogens with one attached hydrogen (secondary N) is 1. The summed E-state index contributed by atoms with van der Waals surface area (Å²) in [6.45, 7) is 6.08. The molecule has 1 aromatic rings. The normalized spacial score (nSPS) is 34.0. The fraction of sp³-hybridized carbons (Fsp3) is 0.727. The molecule has 3 amide bonds. The van der Waals surface area contributed by atoms with Gasteiger partial charge in [0.05, 0.1) is 0 Å². The minimum absolute atomic E-state index is 0.0579. The highest BCUT2D eigenvalue weighted by molar-refractivity contribution is 5.93. The topological polar surface area (TPSA) is 82.2 Å². The van der Waals surface area contributed by atoms with E-state index in [4.69, 9.17) is 4.74 Å². The Bertz CT molecular complexity index is 1180. The van der Waals surface area contributed by atoms with Crippen LogP contribution in [0.15, 0.2) is 30.3 Å². The summed E-state index contributed by atoms with van der Waals surface area (Å²) in [5.74, 6) is 0.181. The minimum atomic E-state index is -0.771. The van der Waals surface area contributed by atoms with E-state index in [1.165, 1.54) is 5.56 Å². The van der Waals surface area contributed by atoms with Gasteiger partial charge in [0.2, 0.25) is 11.8 Å². The average Bonchev–Trinajstić information content (AvgIpc) is 3.41. The largest absolute Gasteiger partial charge is 0.444 e. The van der Waals surface area contributed by atoms with Crippen LogP contribution in [0.25, 0.3) is 0 Å². The van der Waals surface area contributed by atoms with Gasteiger partial charge >= 0.3 is 6.09 Å². The fourth-order valence-electron chi connectivity index (χ4n) is 8.01. The molecule has 3 aliphatic heterocycles. The quantitative estimate of drug-likeness (QED) is 0.541. The van der Waals surface area contributed by atoms with Crippen molar-refractivity contribution in [3.05, 3.63) is 35.9 Å². The molecule has 3 saturated heterocycles. The van der Waals surface area contributed by atoms with Crippen molar-refractivity contribution in [2.45, 2.75) is 138 Å². The van der Waals surface area contributed by atoms with Crippen LogP contribution in [0.1, 0.15) is 96.5 Å². The lowest BCUT2D eigenvalue weighted by Crippen LogP contribution is -2.60. The second-order valence-electron chi connectivity index (χ2n) is 14.5. The van der Waals surface area contributed by atoms with Crippen LogP contribution in [-0.2, 0) is 14.3 Å². The van der Waals surface area contributed by atoms with Gasteiger partial charge < -0.3 is 24.8 Å². The van der Waals surface area contributed by atoms with Gasteiger partial charge in [0.1, 0.15) is 23.9 Å². The van der Waals surface area contributed by atoms with Crippen molar-refractivity contribution in [1.82, 2.24) is 20.0 Å². The lowest BCUT2D eigenvalue weighted by atomic mass is 9.86. The molecule has 8 nitrogen and oxygen atoms in total. The van der Waals surface area contributed by atoms with E-state index in [9.17, 15) is 18.8 Å². The van der Waals surface area contributed by atoms with Crippen LogP contribution in [0.2, 0.25) is 0 Å². The van der Waals surface area contributed by atoms with Gasteiger partial charge in [0.15, 0.2) is 0 Å². The van der Waals surface area contributed by atoms with Crippen LogP contribution in [0, 0.1) is 0 Å². The lowest BCUT2D eigenvalue weighted by molar-refractivity contribution is -0.148. The number of amides is 3. The van der Waals surface area contributed by atoms with Crippen molar-refractivity contribution in [2.24, 2.45) is 0 Å². The van der Waals surface area contributed by atoms with Gasteiger partial charge in [-0.2, -0.15) is 0 Å². The van der Waals surface area contributed by atoms with E-state index >= 15 is 0 Å². The molecule has 42 heavy (non-hydrogen) atoms. The molecule has 0 radical (unpaired) electrons. The molecule has 0 unspecified atom stereocenters. The molecule has 1 N–H and O–H groups in total. The van der Waals surface area contributed by atoms with Crippen molar-refractivity contribution >= 4 is 17.9 Å². The zero-order chi connectivity index (χ0) is 29.8. The number of alkyl halides is 1. The Morgan fingerprint density at radius 1 is 1.02 bits per heavy atom. The molecule has 3 heterocycles. The Labute approximate surface area is 249 Å². The van der Waals surface area contributed by atoms with Gasteiger partial charge in [-0.25, -0.2) is 9.18 Å². The first-order valence-corrected chi connectivity index (χ1v) is 16.0. The molecule has 1 aromatic carbocycles. The highest BCUT2D eigenvalue weighted by atomic mass is 19.1. The summed E-state index contributed by atoms with van der Waals surface area (Å²) in [6.07, 6.45) is 6.03. The number of likely N-dealkylation sites (tertiary alicyclic amines) is 1. The van der Waals surface area contributed by atoms with Crippen LogP contribution in [0.5, 0.6) is 0 Å². The second-order valence-corrected chi connectivity index (χ2v) is 14.5. The fourth-order valence-corrected chi connectivity index (χ4v) is 8.01. The van der Waals surface area contributed by atoms with Crippen molar-refractivity contribution in [3.63, 3.8) is 0 Å². The van der Waals surface area contributed by atoms with Gasteiger partial charge in [-0.05, 0) is 97.6 Å². The summed E-state index contributed by atoms with van der Waals surface area (Å²) < 4.78 is 19.3. The van der Waals surface area contributed by atoms with Crippen LogP contribution in [-0.4, -0.2) is 93.7 Å². The number of hydrogen-bond acceptors (Lipinski definition) is 5. The number of fused-ring (bicyclic) bond motifs is 1. The molecule has 6 rings (SSSR count). The van der Waals surface area contributed by atoms with E-state index in [1.807, 2.05) is 11.0 Å². The third-order valence-corrected chi connectivity index (χ3v) is 10.5. The molecule has 5 aliphatic rings. The lowest BCUT2D eigenvalue weighted by Gasteiger charge is -2.45. The Kier molecular flexibility index (Phi) is 7.77. The van der Waals surface area contributed by atoms with Gasteiger partial charge in [0, 0.05) is 36.1 Å². The third-order valence-electron chi connectivity index (χ3n) is 10.5. The predicted octanol–water partition coefficient (Wildman–Crippen LogP) is 4.77. The average molecular weight is 583 g/mol. The maximum Gasteiger partial charge on any atom is 0.408 e. The number of nitrogens with zero attached hydrogens (tertiary/aromatic N) is 3. The number of benzene rings is 1. The third kappa shape index (κ3) is 5.78. The number of carbonyl (C=O) groups is 3. The first kappa shape index (κ1) is 29.4. The van der Waals surface area contributed by atoms with Crippen molar-refractivity contribution in [2.75, 3.05) is 13.6 Å². The van der Waals surface area contributed by atoms with E-state index in [-0.39, 0.29) is 35.5 Å². The summed E-state index contributed by atoms with van der Waals surface area (Å²) >= 11 is 0. The molecule has 230 valence electrons. The summed E-state index contributed by atoms with van der Waals surface area (Å²) in [4.78, 5) is 47.6. The van der Waals surface area contributed by atoms with Crippen molar-refractivity contribution in [1.29, 1.82) is 0 Å². The maximum atomic E-state index is 14.4. The van der Waals surface area contributed by atoms with Gasteiger partial charge in [0.25, 0.3) is 0 Å². The molecule has 1 spiro atoms. The zero-order valence-electron chi connectivity index (χ0n) is 25.6. The summed E-state index contributed by atoms with van der Waals surface area (Å²) in [7, 11) is 2.06. The van der Waals surface area contributed by atoms with Crippen LogP contribution in [0.3, 0.4) is 0 Å².